The van der Waals surface area contributed by atoms with Crippen molar-refractivity contribution in [2.75, 3.05) is 18.8 Å². The molecule has 2 atom stereocenters. The van der Waals surface area contributed by atoms with E-state index in [0.29, 0.717) is 31.0 Å². The standard InChI is InChI=1S/C14H20N4O2/c15-12-8-16-11(7-17-12)13(19)18-6-5-14(20)4-2-1-3-10(14)9-18/h7-8,10,20H,1-6,9H2,(H2,15,17). The maximum absolute atomic E-state index is 12.4. The normalized spacial score (nSPS) is 29.9. The van der Waals surface area contributed by atoms with E-state index in [4.69, 9.17) is 5.73 Å². The molecule has 1 aliphatic carbocycles. The first-order chi connectivity index (χ1) is 9.58. The number of nitrogens with two attached hydrogens (primary N) is 1. The number of hydrogen-bond acceptors (Lipinski definition) is 5. The number of carbonyl (C=O) groups excluding carboxylic acids is 1. The Balaban J connectivity index is 1.72. The van der Waals surface area contributed by atoms with Crippen LogP contribution < -0.4 is 5.73 Å². The average Bonchev–Trinajstić information content (AvgIpc) is 2.46. The number of hydrogen-bond donors (Lipinski definition) is 2. The summed E-state index contributed by atoms with van der Waals surface area (Å²) in [5.74, 6) is 0.377. The molecule has 1 amide bonds. The van der Waals surface area contributed by atoms with E-state index in [2.05, 4.69) is 9.97 Å². The van der Waals surface area contributed by atoms with Crippen LogP contribution in [0.1, 0.15) is 42.6 Å². The van der Waals surface area contributed by atoms with E-state index in [1.165, 1.54) is 12.4 Å². The van der Waals surface area contributed by atoms with Crippen molar-refractivity contribution in [1.29, 1.82) is 0 Å². The number of nitrogens with zero attached hydrogens (tertiary/aromatic N) is 3. The molecule has 1 saturated carbocycles. The molecule has 6 heteroatoms. The average molecular weight is 276 g/mol. The maximum Gasteiger partial charge on any atom is 0.274 e. The van der Waals surface area contributed by atoms with Crippen LogP contribution in [-0.4, -0.2) is 44.6 Å². The fourth-order valence-corrected chi connectivity index (χ4v) is 3.37. The third kappa shape index (κ3) is 2.35. The Bertz CT molecular complexity index is 504. The predicted molar refractivity (Wildman–Crippen MR) is 73.9 cm³/mol. The van der Waals surface area contributed by atoms with Gasteiger partial charge in [-0.25, -0.2) is 9.97 Å². The Morgan fingerprint density at radius 2 is 2.20 bits per heavy atom. The van der Waals surface area contributed by atoms with Gasteiger partial charge in [0.1, 0.15) is 11.5 Å². The fourth-order valence-electron chi connectivity index (χ4n) is 3.37. The summed E-state index contributed by atoms with van der Waals surface area (Å²) in [6, 6.07) is 0. The molecule has 1 aromatic heterocycles. The molecule has 0 aromatic carbocycles. The summed E-state index contributed by atoms with van der Waals surface area (Å²) >= 11 is 0. The van der Waals surface area contributed by atoms with Crippen molar-refractivity contribution in [2.24, 2.45) is 5.92 Å². The molecule has 2 fully saturated rings. The maximum atomic E-state index is 12.4. The van der Waals surface area contributed by atoms with Gasteiger partial charge < -0.3 is 15.7 Å². The number of nitrogen functional groups attached to an aromatic ring is 1. The van der Waals surface area contributed by atoms with Crippen molar-refractivity contribution in [3.05, 3.63) is 18.1 Å². The number of piperidine rings is 1. The highest BCUT2D eigenvalue weighted by Gasteiger charge is 2.43. The topological polar surface area (TPSA) is 92.3 Å². The summed E-state index contributed by atoms with van der Waals surface area (Å²) in [5, 5.41) is 10.6. The van der Waals surface area contributed by atoms with Crippen LogP contribution in [0.4, 0.5) is 5.82 Å². The van der Waals surface area contributed by atoms with Gasteiger partial charge in [-0.3, -0.25) is 4.79 Å². The van der Waals surface area contributed by atoms with Gasteiger partial charge in [0.2, 0.25) is 0 Å². The second kappa shape index (κ2) is 5.01. The zero-order chi connectivity index (χ0) is 14.2. The molecule has 1 aromatic rings. The lowest BCUT2D eigenvalue weighted by Gasteiger charge is -2.47. The summed E-state index contributed by atoms with van der Waals surface area (Å²) in [4.78, 5) is 22.1. The van der Waals surface area contributed by atoms with Crippen LogP contribution in [-0.2, 0) is 0 Å². The molecule has 1 aliphatic heterocycles. The monoisotopic (exact) mass is 276 g/mol. The second-order valence-electron chi connectivity index (χ2n) is 5.87. The van der Waals surface area contributed by atoms with Crippen molar-refractivity contribution in [3.8, 4) is 0 Å². The first-order valence-corrected chi connectivity index (χ1v) is 7.18. The SMILES string of the molecule is Nc1cnc(C(=O)N2CCC3(O)CCCCC3C2)cn1. The minimum atomic E-state index is -0.568. The van der Waals surface area contributed by atoms with Gasteiger partial charge in [0.05, 0.1) is 18.0 Å². The summed E-state index contributed by atoms with van der Waals surface area (Å²) < 4.78 is 0. The molecule has 3 rings (SSSR count). The summed E-state index contributed by atoms with van der Waals surface area (Å²) in [6.45, 7) is 1.19. The van der Waals surface area contributed by atoms with Gasteiger partial charge in [-0.05, 0) is 19.3 Å². The number of aliphatic hydroxyl groups is 1. The smallest absolute Gasteiger partial charge is 0.274 e. The highest BCUT2D eigenvalue weighted by molar-refractivity contribution is 5.92. The molecule has 0 bridgehead atoms. The zero-order valence-corrected chi connectivity index (χ0v) is 11.5. The highest BCUT2D eigenvalue weighted by atomic mass is 16.3. The predicted octanol–water partition coefficient (Wildman–Crippen LogP) is 0.826. The molecule has 0 radical (unpaired) electrons. The van der Waals surface area contributed by atoms with Crippen LogP contribution in [0, 0.1) is 5.92 Å². The van der Waals surface area contributed by atoms with Gasteiger partial charge in [0.15, 0.2) is 0 Å². The van der Waals surface area contributed by atoms with E-state index in [-0.39, 0.29) is 11.8 Å². The van der Waals surface area contributed by atoms with E-state index in [1.807, 2.05) is 0 Å². The summed E-state index contributed by atoms with van der Waals surface area (Å²) in [6.07, 6.45) is 7.55. The van der Waals surface area contributed by atoms with Gasteiger partial charge in [0, 0.05) is 19.0 Å². The summed E-state index contributed by atoms with van der Waals surface area (Å²) in [7, 11) is 0. The number of amides is 1. The van der Waals surface area contributed by atoms with Crippen LogP contribution in [0.3, 0.4) is 0 Å². The third-order valence-electron chi connectivity index (χ3n) is 4.61. The van der Waals surface area contributed by atoms with Gasteiger partial charge in [-0.1, -0.05) is 12.8 Å². The van der Waals surface area contributed by atoms with Gasteiger partial charge >= 0.3 is 0 Å². The number of carbonyl (C=O) groups is 1. The van der Waals surface area contributed by atoms with Gasteiger partial charge in [-0.2, -0.15) is 0 Å². The minimum absolute atomic E-state index is 0.120. The number of aromatic nitrogens is 2. The largest absolute Gasteiger partial charge is 0.389 e. The van der Waals surface area contributed by atoms with Gasteiger partial charge in [-0.15, -0.1) is 0 Å². The molecular weight excluding hydrogens is 256 g/mol. The molecule has 0 spiro atoms. The minimum Gasteiger partial charge on any atom is -0.389 e. The van der Waals surface area contributed by atoms with Gasteiger partial charge in [0.25, 0.3) is 5.91 Å². The molecular formula is C14H20N4O2. The third-order valence-corrected chi connectivity index (χ3v) is 4.61. The van der Waals surface area contributed by atoms with E-state index < -0.39 is 5.60 Å². The first-order valence-electron chi connectivity index (χ1n) is 7.18. The number of rotatable bonds is 1. The van der Waals surface area contributed by atoms with Crippen molar-refractivity contribution in [3.63, 3.8) is 0 Å². The van der Waals surface area contributed by atoms with Crippen molar-refractivity contribution in [1.82, 2.24) is 14.9 Å². The lowest BCUT2D eigenvalue weighted by molar-refractivity contribution is -0.0886. The van der Waals surface area contributed by atoms with E-state index >= 15 is 0 Å². The first kappa shape index (κ1) is 13.3. The fraction of sp³-hybridized carbons (Fsp3) is 0.643. The van der Waals surface area contributed by atoms with Crippen LogP contribution in [0.15, 0.2) is 12.4 Å². The van der Waals surface area contributed by atoms with Crippen LogP contribution in [0.5, 0.6) is 0 Å². The van der Waals surface area contributed by atoms with Crippen molar-refractivity contribution in [2.45, 2.75) is 37.7 Å². The molecule has 2 unspecified atom stereocenters. The number of fused-ring (bicyclic) bond motifs is 1. The number of anilines is 1. The Morgan fingerprint density at radius 1 is 1.35 bits per heavy atom. The summed E-state index contributed by atoms with van der Waals surface area (Å²) in [5.41, 5.74) is 5.23. The molecule has 2 aliphatic rings. The molecule has 1 saturated heterocycles. The lowest BCUT2D eigenvalue weighted by atomic mass is 9.71. The molecule has 108 valence electrons. The van der Waals surface area contributed by atoms with E-state index in [0.717, 1.165) is 25.7 Å². The highest BCUT2D eigenvalue weighted by Crippen LogP contribution is 2.39. The lowest BCUT2D eigenvalue weighted by Crippen LogP contribution is -2.54. The Hall–Kier alpha value is -1.69. The molecule has 2 heterocycles. The van der Waals surface area contributed by atoms with Crippen molar-refractivity contribution >= 4 is 11.7 Å². The van der Waals surface area contributed by atoms with Crippen molar-refractivity contribution < 1.29 is 9.90 Å². The quantitative estimate of drug-likeness (QED) is 0.792. The second-order valence-corrected chi connectivity index (χ2v) is 5.87. The molecule has 3 N–H and O–H groups in total. The Morgan fingerprint density at radius 3 is 2.95 bits per heavy atom. The van der Waals surface area contributed by atoms with E-state index in [9.17, 15) is 9.90 Å². The zero-order valence-electron chi connectivity index (χ0n) is 11.5. The molecule has 20 heavy (non-hydrogen) atoms. The Labute approximate surface area is 118 Å². The molecule has 6 nitrogen and oxygen atoms in total. The van der Waals surface area contributed by atoms with E-state index in [1.54, 1.807) is 4.90 Å². The number of likely N-dealkylation sites (tertiary alicyclic amines) is 1. The van der Waals surface area contributed by atoms with Crippen LogP contribution in [0.25, 0.3) is 0 Å². The Kier molecular flexibility index (Phi) is 3.33. The van der Waals surface area contributed by atoms with Crippen LogP contribution >= 0.6 is 0 Å². The van der Waals surface area contributed by atoms with Crippen LogP contribution in [0.2, 0.25) is 0 Å².